The molecule has 0 aliphatic carbocycles. The lowest BCUT2D eigenvalue weighted by Gasteiger charge is -2.49. The lowest BCUT2D eigenvalue weighted by atomic mass is 9.84. The van der Waals surface area contributed by atoms with Crippen LogP contribution in [-0.2, 0) is 0 Å². The molecule has 0 bridgehead atoms. The highest BCUT2D eigenvalue weighted by molar-refractivity contribution is 14.0. The van der Waals surface area contributed by atoms with Crippen molar-refractivity contribution >= 4 is 29.9 Å². The summed E-state index contributed by atoms with van der Waals surface area (Å²) in [5.74, 6) is 0.994. The smallest absolute Gasteiger partial charge is 0.191 e. The van der Waals surface area contributed by atoms with Gasteiger partial charge in [0.25, 0.3) is 0 Å². The maximum atomic E-state index is 5.12. The summed E-state index contributed by atoms with van der Waals surface area (Å²) in [6, 6.07) is 1.20. The Labute approximate surface area is 210 Å². The van der Waals surface area contributed by atoms with Crippen molar-refractivity contribution in [3.63, 3.8) is 0 Å². The molecule has 2 saturated heterocycles. The van der Waals surface area contributed by atoms with Crippen molar-refractivity contribution in [2.75, 3.05) is 59.4 Å². The molecule has 0 radical (unpaired) electrons. The number of halogens is 1. The predicted octanol–water partition coefficient (Wildman–Crippen LogP) is 3.62. The van der Waals surface area contributed by atoms with Gasteiger partial charge < -0.3 is 15.5 Å². The highest BCUT2D eigenvalue weighted by atomic mass is 127. The van der Waals surface area contributed by atoms with Crippen molar-refractivity contribution in [3.05, 3.63) is 0 Å². The van der Waals surface area contributed by atoms with Crippen molar-refractivity contribution in [2.45, 2.75) is 90.8 Å². The Morgan fingerprint density at radius 3 is 2.13 bits per heavy atom. The molecule has 0 aromatic carbocycles. The number of nitrogens with zero attached hydrogens (tertiary/aromatic N) is 4. The predicted molar refractivity (Wildman–Crippen MR) is 146 cm³/mol. The molecular weight excluding hydrogens is 499 g/mol. The minimum atomic E-state index is 0. The first kappa shape index (κ1) is 28.9. The van der Waals surface area contributed by atoms with E-state index in [-0.39, 0.29) is 29.5 Å². The van der Waals surface area contributed by atoms with Gasteiger partial charge in [0.2, 0.25) is 0 Å². The Bertz CT molecular complexity index is 488. The molecule has 0 aromatic heterocycles. The van der Waals surface area contributed by atoms with E-state index in [0.717, 1.165) is 38.6 Å². The van der Waals surface area contributed by atoms with Gasteiger partial charge in [0.15, 0.2) is 5.96 Å². The average molecular weight is 551 g/mol. The van der Waals surface area contributed by atoms with Gasteiger partial charge >= 0.3 is 0 Å². The van der Waals surface area contributed by atoms with Crippen molar-refractivity contribution in [1.82, 2.24) is 25.3 Å². The zero-order chi connectivity index (χ0) is 22.0. The molecule has 2 heterocycles. The Kier molecular flexibility index (Phi) is 13.9. The average Bonchev–Trinajstić information content (AvgIpc) is 2.73. The van der Waals surface area contributed by atoms with E-state index < -0.39 is 0 Å². The Hall–Kier alpha value is -0.120. The SMILES string of the molecule is CCNC(=NCC1(N2CCCCC2)CCN(C)CC1)NCCCN(C(C)C)C(C)C.I. The van der Waals surface area contributed by atoms with Gasteiger partial charge in [-0.25, -0.2) is 0 Å². The topological polar surface area (TPSA) is 46.1 Å². The van der Waals surface area contributed by atoms with E-state index in [2.05, 4.69) is 67.0 Å². The first-order chi connectivity index (χ1) is 14.4. The second-order valence-electron chi connectivity index (χ2n) is 9.98. The van der Waals surface area contributed by atoms with Crippen LogP contribution in [0.1, 0.15) is 73.1 Å². The van der Waals surface area contributed by atoms with Gasteiger partial charge in [0.05, 0.1) is 6.54 Å². The fourth-order valence-electron chi connectivity index (χ4n) is 5.13. The molecule has 2 aliphatic rings. The minimum Gasteiger partial charge on any atom is -0.357 e. The summed E-state index contributed by atoms with van der Waals surface area (Å²) in [5, 5.41) is 7.09. The Balaban J connectivity index is 0.00000480. The van der Waals surface area contributed by atoms with E-state index in [4.69, 9.17) is 4.99 Å². The van der Waals surface area contributed by atoms with Gasteiger partial charge in [-0.1, -0.05) is 6.42 Å². The number of piperidine rings is 2. The van der Waals surface area contributed by atoms with Gasteiger partial charge in [-0.15, -0.1) is 24.0 Å². The monoisotopic (exact) mass is 550 g/mol. The van der Waals surface area contributed by atoms with Gasteiger partial charge in [-0.2, -0.15) is 0 Å². The molecule has 2 fully saturated rings. The largest absolute Gasteiger partial charge is 0.357 e. The molecule has 184 valence electrons. The highest BCUT2D eigenvalue weighted by Crippen LogP contribution is 2.31. The lowest BCUT2D eigenvalue weighted by molar-refractivity contribution is 0.0208. The van der Waals surface area contributed by atoms with Crippen molar-refractivity contribution in [2.24, 2.45) is 4.99 Å². The van der Waals surface area contributed by atoms with Crippen LogP contribution in [0.3, 0.4) is 0 Å². The normalized spacial score (nSPS) is 20.9. The molecule has 0 unspecified atom stereocenters. The van der Waals surface area contributed by atoms with Crippen LogP contribution < -0.4 is 10.6 Å². The van der Waals surface area contributed by atoms with Crippen LogP contribution in [0.25, 0.3) is 0 Å². The molecule has 0 atom stereocenters. The van der Waals surface area contributed by atoms with Crippen LogP contribution in [0.2, 0.25) is 0 Å². The molecule has 0 saturated carbocycles. The molecular formula is C24H51IN6. The third-order valence-electron chi connectivity index (χ3n) is 7.03. The molecule has 0 amide bonds. The Morgan fingerprint density at radius 2 is 1.58 bits per heavy atom. The van der Waals surface area contributed by atoms with E-state index in [9.17, 15) is 0 Å². The summed E-state index contributed by atoms with van der Waals surface area (Å²) in [6.45, 7) is 20.1. The summed E-state index contributed by atoms with van der Waals surface area (Å²) < 4.78 is 0. The maximum absolute atomic E-state index is 5.12. The number of hydrogen-bond donors (Lipinski definition) is 2. The fourth-order valence-corrected chi connectivity index (χ4v) is 5.13. The molecule has 2 N–H and O–H groups in total. The number of rotatable bonds is 10. The van der Waals surface area contributed by atoms with Crippen molar-refractivity contribution < 1.29 is 0 Å². The van der Waals surface area contributed by atoms with Crippen LogP contribution in [-0.4, -0.2) is 97.7 Å². The fraction of sp³-hybridized carbons (Fsp3) is 0.958. The maximum Gasteiger partial charge on any atom is 0.191 e. The van der Waals surface area contributed by atoms with Crippen LogP contribution in [0, 0.1) is 0 Å². The second-order valence-corrected chi connectivity index (χ2v) is 9.98. The van der Waals surface area contributed by atoms with Crippen LogP contribution >= 0.6 is 24.0 Å². The van der Waals surface area contributed by atoms with Crippen LogP contribution in [0.15, 0.2) is 4.99 Å². The van der Waals surface area contributed by atoms with Gasteiger partial charge in [-0.3, -0.25) is 14.8 Å². The number of aliphatic imine (C=N–C) groups is 1. The summed E-state index contributed by atoms with van der Waals surface area (Å²) in [4.78, 5) is 12.9. The molecule has 6 nitrogen and oxygen atoms in total. The number of nitrogens with one attached hydrogen (secondary N) is 2. The second kappa shape index (κ2) is 14.9. The van der Waals surface area contributed by atoms with Gasteiger partial charge in [-0.05, 0) is 99.9 Å². The molecule has 0 spiro atoms. The quantitative estimate of drug-likeness (QED) is 0.188. The standard InChI is InChI=1S/C24H50N6.HI/c1-7-25-23(26-14-11-17-30(21(2)3)22(4)5)27-20-24(12-18-28(6)19-13-24)29-15-9-8-10-16-29;/h21-22H,7-20H2,1-6H3,(H2,25,26,27);1H. The zero-order valence-corrected chi connectivity index (χ0v) is 23.6. The van der Waals surface area contributed by atoms with E-state index in [0.29, 0.717) is 12.1 Å². The molecule has 0 aromatic rings. The summed E-state index contributed by atoms with van der Waals surface area (Å²) in [5.41, 5.74) is 0.251. The molecule has 7 heteroatoms. The van der Waals surface area contributed by atoms with Crippen molar-refractivity contribution in [3.8, 4) is 0 Å². The first-order valence-corrected chi connectivity index (χ1v) is 12.6. The third kappa shape index (κ3) is 9.33. The van der Waals surface area contributed by atoms with E-state index in [1.165, 1.54) is 58.3 Å². The lowest BCUT2D eigenvalue weighted by Crippen LogP contribution is -2.58. The first-order valence-electron chi connectivity index (χ1n) is 12.6. The minimum absolute atomic E-state index is 0. The van der Waals surface area contributed by atoms with E-state index in [1.54, 1.807) is 0 Å². The van der Waals surface area contributed by atoms with Gasteiger partial charge in [0, 0.05) is 37.3 Å². The summed E-state index contributed by atoms with van der Waals surface area (Å²) in [6.07, 6.45) is 7.71. The highest BCUT2D eigenvalue weighted by Gasteiger charge is 2.39. The number of guanidine groups is 1. The van der Waals surface area contributed by atoms with Crippen LogP contribution in [0.4, 0.5) is 0 Å². The third-order valence-corrected chi connectivity index (χ3v) is 7.03. The van der Waals surface area contributed by atoms with Crippen molar-refractivity contribution in [1.29, 1.82) is 0 Å². The molecule has 31 heavy (non-hydrogen) atoms. The summed E-state index contributed by atoms with van der Waals surface area (Å²) >= 11 is 0. The zero-order valence-electron chi connectivity index (χ0n) is 21.3. The van der Waals surface area contributed by atoms with Gasteiger partial charge in [0.1, 0.15) is 0 Å². The molecule has 2 rings (SSSR count). The van der Waals surface area contributed by atoms with E-state index in [1.807, 2.05) is 0 Å². The van der Waals surface area contributed by atoms with E-state index >= 15 is 0 Å². The van der Waals surface area contributed by atoms with Crippen LogP contribution in [0.5, 0.6) is 0 Å². The summed E-state index contributed by atoms with van der Waals surface area (Å²) in [7, 11) is 2.26. The number of likely N-dealkylation sites (tertiary alicyclic amines) is 2. The molecule has 2 aliphatic heterocycles. The number of hydrogen-bond acceptors (Lipinski definition) is 4. The Morgan fingerprint density at radius 1 is 0.968 bits per heavy atom.